The van der Waals surface area contributed by atoms with Gasteiger partial charge in [0.15, 0.2) is 5.13 Å². The largest absolute Gasteiger partial charge is 0.382 e. The summed E-state index contributed by atoms with van der Waals surface area (Å²) in [6.07, 6.45) is 0.949. The molecular weight excluding hydrogens is 274 g/mol. The molecule has 0 aliphatic carbocycles. The van der Waals surface area contributed by atoms with Crippen LogP contribution in [0.4, 0.5) is 10.9 Å². The molecule has 1 unspecified atom stereocenters. The monoisotopic (exact) mass is 297 g/mol. The molecule has 1 aromatic rings. The highest BCUT2D eigenvalue weighted by Crippen LogP contribution is 2.30. The molecule has 2 rings (SSSR count). The molecule has 2 heterocycles. The van der Waals surface area contributed by atoms with E-state index in [4.69, 9.17) is 11.5 Å². The molecule has 1 fully saturated rings. The molecule has 0 radical (unpaired) electrons. The van der Waals surface area contributed by atoms with Crippen LogP contribution >= 0.6 is 11.3 Å². The van der Waals surface area contributed by atoms with Gasteiger partial charge in [-0.05, 0) is 11.8 Å². The number of nitrogen functional groups attached to an aromatic ring is 1. The quantitative estimate of drug-likeness (QED) is 0.774. The number of amides is 1. The van der Waals surface area contributed by atoms with Crippen molar-refractivity contribution in [3.05, 3.63) is 4.88 Å². The van der Waals surface area contributed by atoms with Crippen LogP contribution in [0.1, 0.15) is 36.9 Å². The first-order valence-corrected chi connectivity index (χ1v) is 7.63. The lowest BCUT2D eigenvalue weighted by atomic mass is 9.97. The molecule has 0 aromatic carbocycles. The molecule has 1 aliphatic rings. The minimum atomic E-state index is -0.148. The van der Waals surface area contributed by atoms with Crippen LogP contribution < -0.4 is 21.7 Å². The second kappa shape index (κ2) is 5.57. The van der Waals surface area contributed by atoms with Crippen molar-refractivity contribution in [2.24, 2.45) is 11.1 Å². The van der Waals surface area contributed by atoms with Gasteiger partial charge in [0.25, 0.3) is 5.91 Å². The Morgan fingerprint density at radius 1 is 1.55 bits per heavy atom. The van der Waals surface area contributed by atoms with Crippen LogP contribution in [0.25, 0.3) is 0 Å². The van der Waals surface area contributed by atoms with E-state index in [9.17, 15) is 4.79 Å². The fourth-order valence-electron chi connectivity index (χ4n) is 2.00. The van der Waals surface area contributed by atoms with Crippen LogP contribution in [0, 0.1) is 5.41 Å². The average molecular weight is 297 g/mol. The van der Waals surface area contributed by atoms with Crippen LogP contribution in [0.3, 0.4) is 0 Å². The van der Waals surface area contributed by atoms with Crippen LogP contribution in [0.5, 0.6) is 0 Å². The summed E-state index contributed by atoms with van der Waals surface area (Å²) in [6.45, 7) is 8.46. The number of carbonyl (C=O) groups is 1. The van der Waals surface area contributed by atoms with Gasteiger partial charge < -0.3 is 21.7 Å². The first kappa shape index (κ1) is 15.1. The van der Waals surface area contributed by atoms with E-state index in [1.54, 1.807) is 0 Å². The van der Waals surface area contributed by atoms with Crippen molar-refractivity contribution in [3.8, 4) is 0 Å². The molecule has 20 heavy (non-hydrogen) atoms. The SMILES string of the molecule is CC(C)(C)CNC(=O)c1sc(N2CCC(N)C2)nc1N. The standard InChI is InChI=1S/C13H23N5OS/c1-13(2,3)7-16-11(19)9-10(15)17-12(20-9)18-5-4-8(14)6-18/h8H,4-7,14-15H2,1-3H3,(H,16,19). The number of hydrogen-bond donors (Lipinski definition) is 3. The van der Waals surface area contributed by atoms with Crippen molar-refractivity contribution in [1.82, 2.24) is 10.3 Å². The third kappa shape index (κ3) is 3.61. The van der Waals surface area contributed by atoms with E-state index >= 15 is 0 Å². The summed E-state index contributed by atoms with van der Waals surface area (Å²) in [7, 11) is 0. The van der Waals surface area contributed by atoms with Crippen molar-refractivity contribution in [2.45, 2.75) is 33.2 Å². The van der Waals surface area contributed by atoms with Gasteiger partial charge in [0.1, 0.15) is 10.7 Å². The van der Waals surface area contributed by atoms with Gasteiger partial charge in [-0.2, -0.15) is 0 Å². The summed E-state index contributed by atoms with van der Waals surface area (Å²) in [5.41, 5.74) is 11.8. The lowest BCUT2D eigenvalue weighted by Gasteiger charge is -2.18. The van der Waals surface area contributed by atoms with Gasteiger partial charge in [0, 0.05) is 25.7 Å². The molecule has 1 aliphatic heterocycles. The molecule has 1 saturated heterocycles. The highest BCUT2D eigenvalue weighted by Gasteiger charge is 2.25. The van der Waals surface area contributed by atoms with E-state index < -0.39 is 0 Å². The summed E-state index contributed by atoms with van der Waals surface area (Å²) in [4.78, 5) is 19.0. The Hall–Kier alpha value is -1.34. The molecule has 6 nitrogen and oxygen atoms in total. The number of carbonyl (C=O) groups excluding carboxylic acids is 1. The number of thiazole rings is 1. The number of aromatic nitrogens is 1. The van der Waals surface area contributed by atoms with E-state index in [0.717, 1.165) is 24.6 Å². The second-order valence-electron chi connectivity index (χ2n) is 6.45. The Morgan fingerprint density at radius 2 is 2.25 bits per heavy atom. The number of nitrogens with one attached hydrogen (secondary N) is 1. The zero-order chi connectivity index (χ0) is 14.9. The second-order valence-corrected chi connectivity index (χ2v) is 7.43. The summed E-state index contributed by atoms with van der Waals surface area (Å²) >= 11 is 1.34. The third-order valence-electron chi connectivity index (χ3n) is 3.12. The normalized spacial score (nSPS) is 19.4. The Kier molecular flexibility index (Phi) is 4.19. The number of nitrogens with zero attached hydrogens (tertiary/aromatic N) is 2. The molecule has 0 saturated carbocycles. The van der Waals surface area contributed by atoms with Gasteiger partial charge in [-0.3, -0.25) is 4.79 Å². The van der Waals surface area contributed by atoms with Crippen LogP contribution in [0.15, 0.2) is 0 Å². The predicted molar refractivity (Wildman–Crippen MR) is 83.1 cm³/mol. The minimum Gasteiger partial charge on any atom is -0.382 e. The predicted octanol–water partition coefficient (Wildman–Crippen LogP) is 1.04. The van der Waals surface area contributed by atoms with Crippen molar-refractivity contribution >= 4 is 28.2 Å². The molecule has 0 spiro atoms. The topological polar surface area (TPSA) is 97.3 Å². The molecule has 112 valence electrons. The maximum atomic E-state index is 12.1. The van der Waals surface area contributed by atoms with Crippen molar-refractivity contribution in [1.29, 1.82) is 0 Å². The number of anilines is 2. The van der Waals surface area contributed by atoms with Gasteiger partial charge in [-0.15, -0.1) is 0 Å². The first-order valence-electron chi connectivity index (χ1n) is 6.81. The summed E-state index contributed by atoms with van der Waals surface area (Å²) < 4.78 is 0. The van der Waals surface area contributed by atoms with Gasteiger partial charge >= 0.3 is 0 Å². The van der Waals surface area contributed by atoms with E-state index in [2.05, 4.69) is 36.0 Å². The van der Waals surface area contributed by atoms with E-state index in [1.807, 2.05) is 0 Å². The smallest absolute Gasteiger partial charge is 0.265 e. The van der Waals surface area contributed by atoms with Crippen LogP contribution in [-0.2, 0) is 0 Å². The van der Waals surface area contributed by atoms with Crippen molar-refractivity contribution < 1.29 is 4.79 Å². The van der Waals surface area contributed by atoms with E-state index in [-0.39, 0.29) is 17.4 Å². The number of nitrogens with two attached hydrogens (primary N) is 2. The molecule has 1 aromatic heterocycles. The lowest BCUT2D eigenvalue weighted by Crippen LogP contribution is -2.32. The molecule has 5 N–H and O–H groups in total. The maximum absolute atomic E-state index is 12.1. The average Bonchev–Trinajstić information content (AvgIpc) is 2.91. The molecule has 1 atom stereocenters. The first-order chi connectivity index (χ1) is 9.26. The van der Waals surface area contributed by atoms with Gasteiger partial charge in [0.2, 0.25) is 0 Å². The molecule has 7 heteroatoms. The zero-order valence-corrected chi connectivity index (χ0v) is 13.1. The molecular formula is C13H23N5OS. The summed E-state index contributed by atoms with van der Waals surface area (Å²) in [6, 6.07) is 0.179. The van der Waals surface area contributed by atoms with E-state index in [0.29, 0.717) is 17.2 Å². The van der Waals surface area contributed by atoms with Crippen molar-refractivity contribution in [2.75, 3.05) is 30.3 Å². The Morgan fingerprint density at radius 3 is 2.80 bits per heavy atom. The molecule has 0 bridgehead atoms. The highest BCUT2D eigenvalue weighted by atomic mass is 32.1. The Bertz CT molecular complexity index is 493. The maximum Gasteiger partial charge on any atom is 0.265 e. The van der Waals surface area contributed by atoms with E-state index in [1.165, 1.54) is 11.3 Å². The number of rotatable bonds is 3. The zero-order valence-electron chi connectivity index (χ0n) is 12.3. The van der Waals surface area contributed by atoms with Gasteiger partial charge in [-0.1, -0.05) is 32.1 Å². The van der Waals surface area contributed by atoms with Crippen molar-refractivity contribution in [3.63, 3.8) is 0 Å². The van der Waals surface area contributed by atoms with Crippen LogP contribution in [-0.4, -0.2) is 36.6 Å². The Labute approximate surface area is 123 Å². The van der Waals surface area contributed by atoms with Gasteiger partial charge in [0.05, 0.1) is 0 Å². The minimum absolute atomic E-state index is 0.0413. The lowest BCUT2D eigenvalue weighted by molar-refractivity contribution is 0.0944. The van der Waals surface area contributed by atoms with Crippen LogP contribution in [0.2, 0.25) is 0 Å². The molecule has 1 amide bonds. The fraction of sp³-hybridized carbons (Fsp3) is 0.692. The fourth-order valence-corrected chi connectivity index (χ4v) is 2.94. The Balaban J connectivity index is 2.05. The highest BCUT2D eigenvalue weighted by molar-refractivity contribution is 7.18. The van der Waals surface area contributed by atoms with Gasteiger partial charge in [-0.25, -0.2) is 4.98 Å². The summed E-state index contributed by atoms with van der Waals surface area (Å²) in [5, 5.41) is 3.69. The number of hydrogen-bond acceptors (Lipinski definition) is 6. The summed E-state index contributed by atoms with van der Waals surface area (Å²) in [5.74, 6) is 0.154. The third-order valence-corrected chi connectivity index (χ3v) is 4.25.